The first-order chi connectivity index (χ1) is 23.1. The van der Waals surface area contributed by atoms with Gasteiger partial charge in [-0.25, -0.2) is 9.59 Å². The van der Waals surface area contributed by atoms with Gasteiger partial charge in [-0.1, -0.05) is 66.7 Å². The maximum absolute atomic E-state index is 13.9. The minimum Gasteiger partial charge on any atom is -0.478 e. The third-order valence-corrected chi connectivity index (χ3v) is 8.92. The van der Waals surface area contributed by atoms with Crippen molar-refractivity contribution in [2.75, 3.05) is 10.6 Å². The van der Waals surface area contributed by atoms with Crippen LogP contribution >= 0.6 is 11.8 Å². The molecule has 0 aliphatic heterocycles. The Labute approximate surface area is 277 Å². The Hall–Kier alpha value is -6.33. The molecule has 48 heavy (non-hydrogen) atoms. The Kier molecular flexibility index (Phi) is 8.69. The first kappa shape index (κ1) is 31.6. The molecule has 1 unspecified atom stereocenters. The van der Waals surface area contributed by atoms with Crippen LogP contribution in [0.3, 0.4) is 0 Å². The van der Waals surface area contributed by atoms with Crippen LogP contribution in [0.15, 0.2) is 120 Å². The highest BCUT2D eigenvalue weighted by atomic mass is 32.2. The van der Waals surface area contributed by atoms with Crippen molar-refractivity contribution < 1.29 is 39.0 Å². The molecule has 0 radical (unpaired) electrons. The van der Waals surface area contributed by atoms with E-state index in [9.17, 15) is 39.0 Å². The third-order valence-electron chi connectivity index (χ3n) is 7.66. The highest BCUT2D eigenvalue weighted by Gasteiger charge is 2.33. The number of rotatable bonds is 9. The molecule has 5 aromatic carbocycles. The zero-order valence-electron chi connectivity index (χ0n) is 24.8. The highest BCUT2D eigenvalue weighted by molar-refractivity contribution is 8.00. The Morgan fingerprint density at radius 3 is 1.92 bits per heavy atom. The summed E-state index contributed by atoms with van der Waals surface area (Å²) in [7, 11) is 0. The van der Waals surface area contributed by atoms with Crippen molar-refractivity contribution in [3.63, 3.8) is 0 Å². The van der Waals surface area contributed by atoms with Crippen LogP contribution in [0.1, 0.15) is 73.7 Å². The van der Waals surface area contributed by atoms with Crippen molar-refractivity contribution in [1.29, 1.82) is 0 Å². The number of aromatic carboxylic acids is 2. The van der Waals surface area contributed by atoms with E-state index in [-0.39, 0.29) is 45.1 Å². The molecule has 5 aromatic rings. The van der Waals surface area contributed by atoms with Gasteiger partial charge in [0.15, 0.2) is 11.6 Å². The number of fused-ring (bicyclic) bond motifs is 2. The number of benzene rings is 5. The molecule has 11 heteroatoms. The quantitative estimate of drug-likeness (QED) is 0.126. The topological polar surface area (TPSA) is 167 Å². The van der Waals surface area contributed by atoms with Crippen molar-refractivity contribution in [3.05, 3.63) is 160 Å². The van der Waals surface area contributed by atoms with Gasteiger partial charge in [0, 0.05) is 27.3 Å². The summed E-state index contributed by atoms with van der Waals surface area (Å²) in [6.45, 7) is 0. The van der Waals surface area contributed by atoms with E-state index < -0.39 is 34.6 Å². The normalized spacial score (nSPS) is 12.3. The summed E-state index contributed by atoms with van der Waals surface area (Å²) < 4.78 is 0. The fourth-order valence-corrected chi connectivity index (χ4v) is 6.38. The summed E-state index contributed by atoms with van der Waals surface area (Å²) >= 11 is 1.22. The van der Waals surface area contributed by atoms with Gasteiger partial charge >= 0.3 is 11.9 Å². The summed E-state index contributed by atoms with van der Waals surface area (Å²) in [6, 6.07) is 30.1. The van der Waals surface area contributed by atoms with Crippen LogP contribution in [-0.4, -0.2) is 45.5 Å². The van der Waals surface area contributed by atoms with Gasteiger partial charge in [-0.05, 0) is 54.1 Å². The Bertz CT molecular complexity index is 2150. The van der Waals surface area contributed by atoms with Crippen molar-refractivity contribution >= 4 is 58.5 Å². The second-order valence-electron chi connectivity index (χ2n) is 10.7. The second-order valence-corrected chi connectivity index (χ2v) is 11.9. The van der Waals surface area contributed by atoms with E-state index in [4.69, 9.17) is 0 Å². The van der Waals surface area contributed by atoms with Crippen LogP contribution in [-0.2, 0) is 4.79 Å². The molecule has 1 aliphatic rings. The molecule has 4 N–H and O–H groups in total. The third kappa shape index (κ3) is 6.22. The molecule has 0 bridgehead atoms. The molecule has 1 atom stereocenters. The molecule has 2 amide bonds. The maximum Gasteiger partial charge on any atom is 0.336 e. The number of thioether (sulfide) groups is 1. The second kappa shape index (κ2) is 13.2. The van der Waals surface area contributed by atoms with Gasteiger partial charge < -0.3 is 20.8 Å². The number of carbonyl (C=O) groups excluding carboxylic acids is 4. The van der Waals surface area contributed by atoms with Crippen LogP contribution < -0.4 is 10.6 Å². The van der Waals surface area contributed by atoms with E-state index in [1.54, 1.807) is 91.0 Å². The molecule has 0 saturated carbocycles. The minimum atomic E-state index is -1.45. The van der Waals surface area contributed by atoms with Crippen LogP contribution in [0.2, 0.25) is 0 Å². The van der Waals surface area contributed by atoms with E-state index in [0.29, 0.717) is 21.7 Å². The lowest BCUT2D eigenvalue weighted by atomic mass is 9.83. The first-order valence-electron chi connectivity index (χ1n) is 14.5. The number of amides is 2. The lowest BCUT2D eigenvalue weighted by molar-refractivity contribution is -0.115. The summed E-state index contributed by atoms with van der Waals surface area (Å²) in [5, 5.41) is 23.4. The van der Waals surface area contributed by atoms with Crippen molar-refractivity contribution in [2.24, 2.45) is 0 Å². The molecule has 0 fully saturated rings. The van der Waals surface area contributed by atoms with E-state index in [0.717, 1.165) is 18.2 Å². The summed E-state index contributed by atoms with van der Waals surface area (Å²) in [5.41, 5.74) is 1.25. The van der Waals surface area contributed by atoms with Crippen LogP contribution in [0.25, 0.3) is 0 Å². The zero-order valence-corrected chi connectivity index (χ0v) is 25.6. The van der Waals surface area contributed by atoms with E-state index in [1.807, 2.05) is 6.07 Å². The Balaban J connectivity index is 1.23. The molecular formula is C37H24N2O8S. The lowest BCUT2D eigenvalue weighted by Gasteiger charge is -2.22. The van der Waals surface area contributed by atoms with Crippen molar-refractivity contribution in [1.82, 2.24) is 0 Å². The number of carboxylic acids is 2. The van der Waals surface area contributed by atoms with Crippen LogP contribution in [0, 0.1) is 0 Å². The molecule has 1 aliphatic carbocycles. The fraction of sp³-hybridized carbons (Fsp3) is 0.0270. The smallest absolute Gasteiger partial charge is 0.336 e. The lowest BCUT2D eigenvalue weighted by Crippen LogP contribution is -2.25. The number of carbonyl (C=O) groups is 6. The number of carboxylic acid groups (broad SMARTS) is 2. The SMILES string of the molecule is O=C(O)c1ccc(C(=O)Nc2ccc(SC(C(=O)Nc3cccc4c3C(=O)c3ccccc3C4=O)c3ccccc3)cc2)c(C(=O)O)c1. The number of anilines is 2. The van der Waals surface area contributed by atoms with Gasteiger partial charge in [-0.3, -0.25) is 19.2 Å². The standard InChI is InChI=1S/C37H24N2O8S/c40-31-24-9-4-5-10-25(24)32(41)30-27(31)11-6-12-29(30)39-35(43)33(20-7-2-1-3-8-20)48-23-16-14-22(15-17-23)38-34(42)26-18-13-21(36(44)45)19-28(26)37(46)47/h1-19,33H,(H,38,42)(H,39,43)(H,44,45)(H,46,47). The predicted octanol–water partition coefficient (Wildman–Crippen LogP) is 6.58. The van der Waals surface area contributed by atoms with Crippen molar-refractivity contribution in [3.8, 4) is 0 Å². The minimum absolute atomic E-state index is 0.134. The van der Waals surface area contributed by atoms with Gasteiger partial charge in [-0.15, -0.1) is 11.8 Å². The van der Waals surface area contributed by atoms with E-state index in [2.05, 4.69) is 10.6 Å². The molecule has 6 rings (SSSR count). The van der Waals surface area contributed by atoms with Gasteiger partial charge in [0.1, 0.15) is 5.25 Å². The fourth-order valence-electron chi connectivity index (χ4n) is 5.35. The molecular weight excluding hydrogens is 632 g/mol. The largest absolute Gasteiger partial charge is 0.478 e. The van der Waals surface area contributed by atoms with E-state index >= 15 is 0 Å². The summed E-state index contributed by atoms with van der Waals surface area (Å²) in [5.74, 6) is -4.59. The number of nitrogens with one attached hydrogen (secondary N) is 2. The average Bonchev–Trinajstić information content (AvgIpc) is 3.10. The molecule has 236 valence electrons. The first-order valence-corrected chi connectivity index (χ1v) is 15.4. The molecule has 0 spiro atoms. The zero-order chi connectivity index (χ0) is 33.9. The van der Waals surface area contributed by atoms with Gasteiger partial charge in [-0.2, -0.15) is 0 Å². The van der Waals surface area contributed by atoms with Crippen LogP contribution in [0.4, 0.5) is 11.4 Å². The van der Waals surface area contributed by atoms with Gasteiger partial charge in [0.05, 0.1) is 27.9 Å². The average molecular weight is 657 g/mol. The summed E-state index contributed by atoms with van der Waals surface area (Å²) in [4.78, 5) is 77.1. The molecule has 0 heterocycles. The monoisotopic (exact) mass is 656 g/mol. The number of ketones is 2. The van der Waals surface area contributed by atoms with Crippen LogP contribution in [0.5, 0.6) is 0 Å². The Morgan fingerprint density at radius 2 is 1.25 bits per heavy atom. The van der Waals surface area contributed by atoms with E-state index in [1.165, 1.54) is 11.8 Å². The molecule has 10 nitrogen and oxygen atoms in total. The highest BCUT2D eigenvalue weighted by Crippen LogP contribution is 2.38. The molecule has 0 saturated heterocycles. The number of hydrogen-bond acceptors (Lipinski definition) is 7. The van der Waals surface area contributed by atoms with Gasteiger partial charge in [0.2, 0.25) is 5.91 Å². The number of hydrogen-bond donors (Lipinski definition) is 4. The maximum atomic E-state index is 13.9. The van der Waals surface area contributed by atoms with Gasteiger partial charge in [0.25, 0.3) is 5.91 Å². The Morgan fingerprint density at radius 1 is 0.604 bits per heavy atom. The predicted molar refractivity (Wildman–Crippen MR) is 178 cm³/mol. The summed E-state index contributed by atoms with van der Waals surface area (Å²) in [6.07, 6.45) is 0. The molecule has 0 aromatic heterocycles. The van der Waals surface area contributed by atoms with Crippen molar-refractivity contribution in [2.45, 2.75) is 10.1 Å².